The molecule has 6 aromatic heterocycles. The number of pyridine rings is 6. The molecule has 6 heterocycles. The van der Waals surface area contributed by atoms with Crippen molar-refractivity contribution in [2.75, 3.05) is 0 Å². The van der Waals surface area contributed by atoms with Crippen LogP contribution in [0, 0.1) is 58.6 Å². The second-order valence-electron chi connectivity index (χ2n) is 9.12. The molecule has 0 aliphatic heterocycles. The molecule has 0 fully saturated rings. The monoisotopic (exact) mass is 841 g/mol. The maximum absolute atomic E-state index is 4.23. The molecule has 239 valence electrons. The van der Waals surface area contributed by atoms with Crippen LogP contribution in [0.3, 0.4) is 0 Å². The molecule has 6 nitrogen and oxygen atoms in total. The Balaban J connectivity index is -0.000000245. The molecule has 0 bridgehead atoms. The van der Waals surface area contributed by atoms with Crippen LogP contribution in [0.4, 0.5) is 0 Å². The van der Waals surface area contributed by atoms with Crippen molar-refractivity contribution in [3.63, 3.8) is 0 Å². The zero-order valence-electron chi connectivity index (χ0n) is 28.1. The second-order valence-corrected chi connectivity index (χ2v) is 9.12. The van der Waals surface area contributed by atoms with Gasteiger partial charge in [-0.05, 0) is 49.0 Å². The number of hydrogen-bond acceptors (Lipinski definition) is 6. The molecule has 0 unspecified atom stereocenters. The van der Waals surface area contributed by atoms with Gasteiger partial charge in [0.1, 0.15) is 0 Å². The van der Waals surface area contributed by atoms with Gasteiger partial charge in [0.25, 0.3) is 0 Å². The minimum Gasteiger partial charge on any atom is -0.386 e. The number of hydrogen-bond donors (Lipinski definition) is 0. The van der Waals surface area contributed by atoms with Gasteiger partial charge in [-0.2, -0.15) is 71.9 Å². The number of aryl methyl sites for hydroxylation is 3. The van der Waals surface area contributed by atoms with Crippen LogP contribution in [0.1, 0.15) is 65.9 Å². The fourth-order valence-corrected chi connectivity index (χ4v) is 3.02. The average molecular weight is 842 g/mol. The van der Waals surface area contributed by atoms with Crippen molar-refractivity contribution < 1.29 is 98.1 Å². The van der Waals surface area contributed by atoms with Crippen LogP contribution < -0.4 is 0 Å². The fraction of sp³-hybridized carbons (Fsp3) is 0.270. The van der Waals surface area contributed by atoms with E-state index in [-0.39, 0.29) is 106 Å². The third kappa shape index (κ3) is 21.8. The van der Waals surface area contributed by atoms with Gasteiger partial charge in [-0.25, -0.2) is 0 Å². The van der Waals surface area contributed by atoms with Gasteiger partial charge in [-0.3, -0.25) is 15.0 Å². The first-order valence-electron chi connectivity index (χ1n) is 13.8. The average Bonchev–Trinajstić information content (AvgIpc) is 2.99. The summed E-state index contributed by atoms with van der Waals surface area (Å²) in [6.45, 7) is 17.9. The first-order valence-corrected chi connectivity index (χ1v) is 13.8. The molecule has 0 saturated heterocycles. The third-order valence-electron chi connectivity index (χ3n) is 4.66. The Hall–Kier alpha value is -1.01. The minimum absolute atomic E-state index is 0. The van der Waals surface area contributed by atoms with Gasteiger partial charge < -0.3 is 34.2 Å². The van der Waals surface area contributed by atoms with E-state index in [1.54, 1.807) is 18.2 Å². The van der Waals surface area contributed by atoms with E-state index in [4.69, 9.17) is 0 Å². The van der Waals surface area contributed by atoms with Crippen molar-refractivity contribution in [3.05, 3.63) is 128 Å². The van der Waals surface area contributed by atoms with Crippen LogP contribution in [0.5, 0.6) is 0 Å². The maximum Gasteiger partial charge on any atom is 0.0453 e. The standard InChI is InChI=1S/3C9H7N2.3C3H7.CH4.3Y/c1-7-4-5-8-3-2-6-10-9(8)11-7;1-7-5-9-8(6-11-7)3-2-4-10-9;1-7-5-9-8(11-6-7)3-2-4-10-9;3*1-3-2;;;;/h2-5H,1H3;2*2-3,5-6H,1H3;3*3H,1-2H3;1H4;;;/q6*-1;;;;. The molecule has 9 heteroatoms. The van der Waals surface area contributed by atoms with Crippen molar-refractivity contribution in [2.45, 2.75) is 69.7 Å². The Labute approximate surface area is 354 Å². The molecule has 0 saturated carbocycles. The van der Waals surface area contributed by atoms with Crippen LogP contribution >= 0.6 is 0 Å². The quantitative estimate of drug-likeness (QED) is 0.142. The normalized spacial score (nSPS) is 8.54. The summed E-state index contributed by atoms with van der Waals surface area (Å²) in [5.41, 5.74) is 6.67. The Bertz CT molecular complexity index is 1390. The zero-order valence-corrected chi connectivity index (χ0v) is 36.6. The summed E-state index contributed by atoms with van der Waals surface area (Å²) in [6, 6.07) is 19.1. The van der Waals surface area contributed by atoms with Crippen molar-refractivity contribution in [2.24, 2.45) is 0 Å². The molecule has 0 amide bonds. The number of fused-ring (bicyclic) bond motifs is 3. The topological polar surface area (TPSA) is 77.3 Å². The molecule has 0 aromatic carbocycles. The summed E-state index contributed by atoms with van der Waals surface area (Å²) < 4.78 is 0. The van der Waals surface area contributed by atoms with Crippen LogP contribution in [-0.4, -0.2) is 29.9 Å². The van der Waals surface area contributed by atoms with Crippen LogP contribution in [0.2, 0.25) is 0 Å². The SMILES string of the molecule is C.C[CH-]C.C[CH-]C.C[CH-]C.Cc1cc2n[c-]ccc2cn1.Cc1ccc2cc[c-]nc2n1.Cc1cnc2cc[c-]nc2c1.[Y].[Y].[Y]. The molecule has 0 spiro atoms. The summed E-state index contributed by atoms with van der Waals surface area (Å²) >= 11 is 0. The van der Waals surface area contributed by atoms with E-state index in [2.05, 4.69) is 48.5 Å². The number of aromatic nitrogens is 6. The molecule has 0 aliphatic rings. The maximum atomic E-state index is 4.23. The van der Waals surface area contributed by atoms with Gasteiger partial charge in [-0.1, -0.05) is 55.0 Å². The molecule has 46 heavy (non-hydrogen) atoms. The van der Waals surface area contributed by atoms with E-state index in [1.165, 1.54) is 0 Å². The Morgan fingerprint density at radius 3 is 1.65 bits per heavy atom. The van der Waals surface area contributed by atoms with Gasteiger partial charge in [0.05, 0.1) is 0 Å². The minimum atomic E-state index is 0. The molecule has 6 aromatic rings. The van der Waals surface area contributed by atoms with Gasteiger partial charge in [0.15, 0.2) is 0 Å². The molecular weight excluding hydrogens is 795 g/mol. The zero-order chi connectivity index (χ0) is 31.2. The largest absolute Gasteiger partial charge is 0.386 e. The Morgan fingerprint density at radius 2 is 1.04 bits per heavy atom. The molecule has 3 radical (unpaired) electrons. The van der Waals surface area contributed by atoms with Gasteiger partial charge in [0.2, 0.25) is 0 Å². The van der Waals surface area contributed by atoms with E-state index >= 15 is 0 Å². The number of nitrogens with zero attached hydrogens (tertiary/aromatic N) is 6. The van der Waals surface area contributed by atoms with Crippen molar-refractivity contribution in [1.29, 1.82) is 0 Å². The predicted molar refractivity (Wildman–Crippen MR) is 183 cm³/mol. The van der Waals surface area contributed by atoms with Crippen LogP contribution in [-0.2, 0) is 98.1 Å². The first-order chi connectivity index (χ1) is 20.3. The van der Waals surface area contributed by atoms with Crippen molar-refractivity contribution in [3.8, 4) is 0 Å². The summed E-state index contributed by atoms with van der Waals surface area (Å²) in [5, 5.41) is 2.13. The van der Waals surface area contributed by atoms with Gasteiger partial charge in [0, 0.05) is 128 Å². The van der Waals surface area contributed by atoms with Gasteiger partial charge in [-0.15, -0.1) is 6.07 Å². The summed E-state index contributed by atoms with van der Waals surface area (Å²) in [7, 11) is 0. The van der Waals surface area contributed by atoms with Crippen LogP contribution in [0.25, 0.3) is 33.0 Å². The second kappa shape index (κ2) is 32.5. The molecular formula is C37H46N6Y3-6. The molecule has 0 aliphatic carbocycles. The Kier molecular flexibility index (Phi) is 36.6. The smallest absolute Gasteiger partial charge is 0.0453 e. The molecule has 0 atom stereocenters. The fourth-order valence-electron chi connectivity index (χ4n) is 3.02. The van der Waals surface area contributed by atoms with Crippen molar-refractivity contribution >= 4 is 33.0 Å². The van der Waals surface area contributed by atoms with E-state index in [0.29, 0.717) is 0 Å². The van der Waals surface area contributed by atoms with E-state index in [1.807, 2.05) is 136 Å². The van der Waals surface area contributed by atoms with E-state index < -0.39 is 0 Å². The van der Waals surface area contributed by atoms with Gasteiger partial charge >= 0.3 is 0 Å². The first kappa shape index (κ1) is 51.8. The van der Waals surface area contributed by atoms with Crippen molar-refractivity contribution in [1.82, 2.24) is 29.9 Å². The summed E-state index contributed by atoms with van der Waals surface area (Å²) in [5.74, 6) is 0. The summed E-state index contributed by atoms with van der Waals surface area (Å²) in [4.78, 5) is 24.7. The Morgan fingerprint density at radius 1 is 0.522 bits per heavy atom. The molecule has 6 rings (SSSR count). The van der Waals surface area contributed by atoms with Crippen LogP contribution in [0.15, 0.2) is 73.1 Å². The molecule has 0 N–H and O–H groups in total. The number of rotatable bonds is 0. The summed E-state index contributed by atoms with van der Waals surface area (Å²) in [6.07, 6.45) is 18.0. The third-order valence-corrected chi connectivity index (χ3v) is 4.66. The van der Waals surface area contributed by atoms with E-state index in [0.717, 1.165) is 49.9 Å². The predicted octanol–water partition coefficient (Wildman–Crippen LogP) is 9.54. The van der Waals surface area contributed by atoms with E-state index in [9.17, 15) is 0 Å².